The first-order valence-electron chi connectivity index (χ1n) is 19.0. The van der Waals surface area contributed by atoms with E-state index in [1.807, 2.05) is 43.6 Å². The predicted octanol–water partition coefficient (Wildman–Crippen LogP) is 5.81. The SMILES string of the molecule is COC(=O)NC(C(=O)N1CCC[C@H]1c1nc2ccc(-c3ccc4c(c3)CCc3[nH]c([C@@H]5CCCN5C(=O)[C@@H](NC(=O)OC)C(C)C)nc3-4)cc2[nH]1)C(C)C. The van der Waals surface area contributed by atoms with Crippen LogP contribution >= 0.6 is 0 Å². The van der Waals surface area contributed by atoms with E-state index in [1.54, 1.807) is 0 Å². The zero-order valence-corrected chi connectivity index (χ0v) is 31.8. The van der Waals surface area contributed by atoms with Crippen LogP contribution in [0.2, 0.25) is 0 Å². The Labute approximate surface area is 314 Å². The molecule has 1 aliphatic carbocycles. The molecule has 2 aliphatic heterocycles. The molecule has 4 heterocycles. The van der Waals surface area contributed by atoms with Crippen molar-refractivity contribution in [3.8, 4) is 22.4 Å². The summed E-state index contributed by atoms with van der Waals surface area (Å²) in [5.74, 6) is 1.05. The Balaban J connectivity index is 1.10. The molecule has 0 bridgehead atoms. The highest BCUT2D eigenvalue weighted by molar-refractivity contribution is 5.88. The van der Waals surface area contributed by atoms with Gasteiger partial charge in [-0.2, -0.15) is 0 Å². The van der Waals surface area contributed by atoms with Gasteiger partial charge in [0.25, 0.3) is 0 Å². The molecular formula is C40H50N8O6. The second-order valence-corrected chi connectivity index (χ2v) is 15.3. The molecule has 14 nitrogen and oxygen atoms in total. The van der Waals surface area contributed by atoms with Crippen LogP contribution < -0.4 is 10.6 Å². The highest BCUT2D eigenvalue weighted by Crippen LogP contribution is 2.39. The highest BCUT2D eigenvalue weighted by Gasteiger charge is 2.39. The Morgan fingerprint density at radius 3 is 1.87 bits per heavy atom. The number of aryl methyl sites for hydroxylation is 2. The van der Waals surface area contributed by atoms with Crippen LogP contribution in [0.4, 0.5) is 9.59 Å². The average Bonchev–Trinajstić information content (AvgIpc) is 3.99. The lowest BCUT2D eigenvalue weighted by Crippen LogP contribution is -2.51. The van der Waals surface area contributed by atoms with E-state index in [1.165, 1.54) is 19.8 Å². The number of methoxy groups -OCH3 is 2. The summed E-state index contributed by atoms with van der Waals surface area (Å²) in [6.45, 7) is 8.84. The number of hydrogen-bond donors (Lipinski definition) is 4. The van der Waals surface area contributed by atoms with Crippen LogP contribution in [0.3, 0.4) is 0 Å². The quantitative estimate of drug-likeness (QED) is 0.167. The molecule has 2 aromatic carbocycles. The molecule has 1 unspecified atom stereocenters. The van der Waals surface area contributed by atoms with Gasteiger partial charge >= 0.3 is 12.2 Å². The lowest BCUT2D eigenvalue weighted by molar-refractivity contribution is -0.136. The van der Waals surface area contributed by atoms with Gasteiger partial charge in [0.2, 0.25) is 11.8 Å². The smallest absolute Gasteiger partial charge is 0.407 e. The summed E-state index contributed by atoms with van der Waals surface area (Å²) in [5, 5.41) is 5.43. The Hall–Kier alpha value is -5.40. The molecule has 7 rings (SSSR count). The first-order chi connectivity index (χ1) is 26.0. The number of aromatic amines is 2. The van der Waals surface area contributed by atoms with Gasteiger partial charge in [0.05, 0.1) is 43.0 Å². The molecule has 286 valence electrons. The number of fused-ring (bicyclic) bond motifs is 4. The van der Waals surface area contributed by atoms with Gasteiger partial charge in [0, 0.05) is 24.3 Å². The molecule has 2 saturated heterocycles. The normalized spacial score (nSPS) is 19.1. The number of carbonyl (C=O) groups excluding carboxylic acids is 4. The molecule has 2 fully saturated rings. The van der Waals surface area contributed by atoms with Crippen LogP contribution in [0.1, 0.15) is 88.4 Å². The van der Waals surface area contributed by atoms with E-state index in [2.05, 4.69) is 50.9 Å². The number of hydrogen-bond acceptors (Lipinski definition) is 8. The van der Waals surface area contributed by atoms with E-state index in [-0.39, 0.29) is 35.7 Å². The molecule has 3 aliphatic rings. The lowest BCUT2D eigenvalue weighted by Gasteiger charge is -2.30. The van der Waals surface area contributed by atoms with Crippen molar-refractivity contribution in [3.63, 3.8) is 0 Å². The first kappa shape index (κ1) is 36.9. The third-order valence-electron chi connectivity index (χ3n) is 11.1. The predicted molar refractivity (Wildman–Crippen MR) is 202 cm³/mol. The summed E-state index contributed by atoms with van der Waals surface area (Å²) >= 11 is 0. The van der Waals surface area contributed by atoms with Crippen molar-refractivity contribution in [3.05, 3.63) is 59.3 Å². The van der Waals surface area contributed by atoms with E-state index in [4.69, 9.17) is 19.4 Å². The minimum Gasteiger partial charge on any atom is -0.453 e. The van der Waals surface area contributed by atoms with Crippen LogP contribution in [-0.4, -0.2) is 93.1 Å². The standard InChI is InChI=1S/C40H50N8O6/c1-21(2)32(45-39(51)53-5)37(49)47-17-7-9-30(47)35-41-27-15-12-24(20-29(27)43-35)23-11-14-26-25(19-23)13-16-28-34(26)44-36(42-28)31-10-8-18-48(31)38(50)33(22(3)4)46-40(52)54-6/h11-12,14-15,19-22,30-33H,7-10,13,16-18H2,1-6H3,(H,41,43)(H,42,44)(H,45,51)(H,46,52)/t30-,31-,32?,33-/m0/s1. The van der Waals surface area contributed by atoms with Gasteiger partial charge in [0.15, 0.2) is 0 Å². The lowest BCUT2D eigenvalue weighted by atomic mass is 9.89. The summed E-state index contributed by atoms with van der Waals surface area (Å²) in [4.78, 5) is 72.1. The Morgan fingerprint density at radius 2 is 1.30 bits per heavy atom. The zero-order valence-electron chi connectivity index (χ0n) is 31.8. The van der Waals surface area contributed by atoms with Crippen molar-refractivity contribution < 1.29 is 28.7 Å². The third-order valence-corrected chi connectivity index (χ3v) is 11.1. The number of imidazole rings is 2. The fourth-order valence-electron chi connectivity index (χ4n) is 8.21. The molecule has 0 radical (unpaired) electrons. The first-order valence-corrected chi connectivity index (χ1v) is 19.0. The number of ether oxygens (including phenoxy) is 2. The topological polar surface area (TPSA) is 175 Å². The number of benzene rings is 2. The van der Waals surface area contributed by atoms with E-state index >= 15 is 0 Å². The largest absolute Gasteiger partial charge is 0.453 e. The summed E-state index contributed by atoms with van der Waals surface area (Å²) in [7, 11) is 2.59. The minimum atomic E-state index is -0.692. The number of amides is 4. The maximum absolute atomic E-state index is 13.7. The highest BCUT2D eigenvalue weighted by atomic mass is 16.5. The summed E-state index contributed by atoms with van der Waals surface area (Å²) in [6, 6.07) is 10.9. The fraction of sp³-hybridized carbons (Fsp3) is 0.500. The average molecular weight is 739 g/mol. The molecule has 0 spiro atoms. The van der Waals surface area contributed by atoms with Gasteiger partial charge in [-0.15, -0.1) is 0 Å². The van der Waals surface area contributed by atoms with Crippen LogP contribution in [0.25, 0.3) is 33.4 Å². The second kappa shape index (κ2) is 15.2. The van der Waals surface area contributed by atoms with E-state index in [0.717, 1.165) is 89.3 Å². The second-order valence-electron chi connectivity index (χ2n) is 15.3. The van der Waals surface area contributed by atoms with Crippen molar-refractivity contribution in [2.75, 3.05) is 27.3 Å². The van der Waals surface area contributed by atoms with Gasteiger partial charge in [-0.25, -0.2) is 19.6 Å². The molecule has 0 saturated carbocycles. The maximum atomic E-state index is 13.7. The molecule has 4 atom stereocenters. The molecule has 2 aromatic heterocycles. The molecule has 4 aromatic rings. The number of rotatable bonds is 9. The summed E-state index contributed by atoms with van der Waals surface area (Å²) in [5.41, 5.74) is 8.16. The Bertz CT molecular complexity index is 2070. The third kappa shape index (κ3) is 7.01. The van der Waals surface area contributed by atoms with Crippen molar-refractivity contribution in [2.45, 2.75) is 90.4 Å². The number of likely N-dealkylation sites (tertiary alicyclic amines) is 2. The van der Waals surface area contributed by atoms with Crippen molar-refractivity contribution >= 4 is 35.0 Å². The van der Waals surface area contributed by atoms with Crippen molar-refractivity contribution in [1.29, 1.82) is 0 Å². The number of aromatic nitrogens is 4. The number of nitrogens with one attached hydrogen (secondary N) is 4. The van der Waals surface area contributed by atoms with E-state index < -0.39 is 24.3 Å². The molecule has 54 heavy (non-hydrogen) atoms. The maximum Gasteiger partial charge on any atom is 0.407 e. The number of H-pyrrole nitrogens is 2. The van der Waals surface area contributed by atoms with Crippen LogP contribution in [0, 0.1) is 11.8 Å². The van der Waals surface area contributed by atoms with Crippen LogP contribution in [-0.2, 0) is 31.9 Å². The van der Waals surface area contributed by atoms with Crippen molar-refractivity contribution in [1.82, 2.24) is 40.4 Å². The number of alkyl carbamates (subject to hydrolysis) is 2. The number of nitrogens with zero attached hydrogens (tertiary/aromatic N) is 4. The van der Waals surface area contributed by atoms with Gasteiger partial charge in [-0.1, -0.05) is 52.0 Å². The van der Waals surface area contributed by atoms with Gasteiger partial charge < -0.3 is 39.9 Å². The van der Waals surface area contributed by atoms with Crippen LogP contribution in [0.15, 0.2) is 36.4 Å². The summed E-state index contributed by atoms with van der Waals surface area (Å²) in [6.07, 6.45) is 3.71. The Kier molecular flexibility index (Phi) is 10.4. The van der Waals surface area contributed by atoms with Crippen LogP contribution in [0.5, 0.6) is 0 Å². The monoisotopic (exact) mass is 738 g/mol. The molecular weight excluding hydrogens is 688 g/mol. The van der Waals surface area contributed by atoms with Crippen molar-refractivity contribution in [2.24, 2.45) is 11.8 Å². The van der Waals surface area contributed by atoms with Gasteiger partial charge in [-0.05, 0) is 79.2 Å². The van der Waals surface area contributed by atoms with Gasteiger partial charge in [-0.3, -0.25) is 9.59 Å². The molecule has 4 N–H and O–H groups in total. The minimum absolute atomic E-state index is 0.103. The molecule has 4 amide bonds. The zero-order chi connectivity index (χ0) is 38.3. The van der Waals surface area contributed by atoms with E-state index in [9.17, 15) is 19.2 Å². The number of carbonyl (C=O) groups is 4. The summed E-state index contributed by atoms with van der Waals surface area (Å²) < 4.78 is 9.56. The van der Waals surface area contributed by atoms with E-state index in [0.29, 0.717) is 13.1 Å². The fourth-order valence-corrected chi connectivity index (χ4v) is 8.21. The Morgan fingerprint density at radius 1 is 0.741 bits per heavy atom. The van der Waals surface area contributed by atoms with Gasteiger partial charge in [0.1, 0.15) is 23.7 Å². The molecule has 14 heteroatoms.